The number of hydrogen-bond acceptors (Lipinski definition) is 4. The fourth-order valence-corrected chi connectivity index (χ4v) is 3.28. The molecule has 0 bridgehead atoms. The average Bonchev–Trinajstić information content (AvgIpc) is 2.64. The summed E-state index contributed by atoms with van der Waals surface area (Å²) < 4.78 is 0. The van der Waals surface area contributed by atoms with E-state index in [0.717, 1.165) is 12.0 Å². The van der Waals surface area contributed by atoms with Gasteiger partial charge in [0, 0.05) is 11.8 Å². The van der Waals surface area contributed by atoms with Crippen molar-refractivity contribution in [3.8, 4) is 5.75 Å². The number of phenolic OH excluding ortho intramolecular Hbond substituents is 1. The van der Waals surface area contributed by atoms with E-state index in [4.69, 9.17) is 0 Å². The maximum Gasteiger partial charge on any atom is 0.264 e. The minimum Gasteiger partial charge on any atom is -0.508 e. The number of carbonyl (C=O) groups is 3. The zero-order valence-corrected chi connectivity index (χ0v) is 10.3. The molecule has 3 atom stereocenters. The predicted octanol–water partition coefficient (Wildman–Crippen LogP) is 1.61. The van der Waals surface area contributed by atoms with Crippen molar-refractivity contribution in [1.29, 1.82) is 0 Å². The van der Waals surface area contributed by atoms with E-state index in [9.17, 15) is 19.5 Å². The molecule has 2 fully saturated rings. The normalized spacial score (nSPS) is 30.5. The summed E-state index contributed by atoms with van der Waals surface area (Å²) in [5, 5.41) is 9.27. The predicted molar refractivity (Wildman–Crippen MR) is 66.7 cm³/mol. The quantitative estimate of drug-likeness (QED) is 0.777. The molecule has 2 aliphatic carbocycles. The number of phenols is 1. The molecule has 0 spiro atoms. The summed E-state index contributed by atoms with van der Waals surface area (Å²) in [4.78, 5) is 34.8. The van der Waals surface area contributed by atoms with Crippen LogP contribution < -0.4 is 0 Å². The largest absolute Gasteiger partial charge is 0.508 e. The molecule has 1 aromatic carbocycles. The van der Waals surface area contributed by atoms with Gasteiger partial charge in [-0.15, -0.1) is 0 Å². The smallest absolute Gasteiger partial charge is 0.264 e. The molecule has 0 aliphatic heterocycles. The van der Waals surface area contributed by atoms with Crippen LogP contribution in [0.3, 0.4) is 0 Å². The number of Topliss-reactive ketones (excluding diaryl/α,β-unsaturated/α-hetero) is 3. The Labute approximate surface area is 110 Å². The van der Waals surface area contributed by atoms with Gasteiger partial charge in [-0.25, -0.2) is 0 Å². The van der Waals surface area contributed by atoms with Crippen molar-refractivity contribution in [2.24, 2.45) is 11.8 Å². The first-order valence-electron chi connectivity index (χ1n) is 6.49. The summed E-state index contributed by atoms with van der Waals surface area (Å²) in [6.45, 7) is 0. The Morgan fingerprint density at radius 2 is 1.53 bits per heavy atom. The van der Waals surface area contributed by atoms with Gasteiger partial charge in [-0.2, -0.15) is 0 Å². The molecule has 0 heterocycles. The second-order valence-electron chi connectivity index (χ2n) is 5.37. The third-order valence-corrected chi connectivity index (χ3v) is 4.34. The van der Waals surface area contributed by atoms with E-state index >= 15 is 0 Å². The molecular formula is C15H14O4. The molecule has 0 radical (unpaired) electrons. The number of carbonyl (C=O) groups excluding carboxylic acids is 3. The van der Waals surface area contributed by atoms with E-state index in [1.165, 1.54) is 0 Å². The number of ketones is 3. The highest BCUT2D eigenvalue weighted by atomic mass is 16.3. The highest BCUT2D eigenvalue weighted by molar-refractivity contribution is 6.68. The van der Waals surface area contributed by atoms with Crippen LogP contribution in [0.2, 0.25) is 0 Å². The molecule has 0 amide bonds. The lowest BCUT2D eigenvalue weighted by atomic mass is 9.73. The van der Waals surface area contributed by atoms with Crippen molar-refractivity contribution in [1.82, 2.24) is 0 Å². The lowest BCUT2D eigenvalue weighted by Crippen LogP contribution is -2.26. The van der Waals surface area contributed by atoms with E-state index in [-0.39, 0.29) is 17.6 Å². The zero-order valence-electron chi connectivity index (χ0n) is 10.3. The fraction of sp³-hybridized carbons (Fsp3) is 0.400. The second kappa shape index (κ2) is 4.30. The summed E-state index contributed by atoms with van der Waals surface area (Å²) in [6.07, 6.45) is 1.97. The van der Waals surface area contributed by atoms with Crippen molar-refractivity contribution in [3.63, 3.8) is 0 Å². The Morgan fingerprint density at radius 1 is 0.895 bits per heavy atom. The number of hydrogen-bond donors (Lipinski definition) is 1. The van der Waals surface area contributed by atoms with Crippen molar-refractivity contribution < 1.29 is 19.5 Å². The number of fused-ring (bicyclic) bond motifs is 1. The molecule has 2 saturated carbocycles. The van der Waals surface area contributed by atoms with E-state index in [1.54, 1.807) is 12.1 Å². The van der Waals surface area contributed by atoms with Gasteiger partial charge >= 0.3 is 0 Å². The maximum atomic E-state index is 11.8. The minimum absolute atomic E-state index is 0.185. The first-order valence-corrected chi connectivity index (χ1v) is 6.49. The SMILES string of the molecule is O=C1C(=O)C2CCC(c3ccc(O)cc3)CC2C1=O. The van der Waals surface area contributed by atoms with Gasteiger partial charge in [-0.3, -0.25) is 14.4 Å². The summed E-state index contributed by atoms with van der Waals surface area (Å²) in [6, 6.07) is 6.91. The van der Waals surface area contributed by atoms with E-state index in [0.29, 0.717) is 12.8 Å². The van der Waals surface area contributed by atoms with Crippen LogP contribution in [0.25, 0.3) is 0 Å². The van der Waals surface area contributed by atoms with E-state index < -0.39 is 23.3 Å². The van der Waals surface area contributed by atoms with Gasteiger partial charge in [0.2, 0.25) is 11.6 Å². The number of rotatable bonds is 1. The van der Waals surface area contributed by atoms with Crippen molar-refractivity contribution in [3.05, 3.63) is 29.8 Å². The summed E-state index contributed by atoms with van der Waals surface area (Å²) >= 11 is 0. The first kappa shape index (κ1) is 12.1. The van der Waals surface area contributed by atoms with Gasteiger partial charge in [-0.1, -0.05) is 12.1 Å². The molecule has 4 nitrogen and oxygen atoms in total. The summed E-state index contributed by atoms with van der Waals surface area (Å²) in [7, 11) is 0. The monoisotopic (exact) mass is 258 g/mol. The molecule has 0 aromatic heterocycles. The highest BCUT2D eigenvalue weighted by Crippen LogP contribution is 2.43. The second-order valence-corrected chi connectivity index (χ2v) is 5.37. The Bertz CT molecular complexity index is 558. The molecule has 19 heavy (non-hydrogen) atoms. The third kappa shape index (κ3) is 1.87. The fourth-order valence-electron chi connectivity index (χ4n) is 3.28. The van der Waals surface area contributed by atoms with Gasteiger partial charge in [0.25, 0.3) is 5.78 Å². The van der Waals surface area contributed by atoms with Gasteiger partial charge in [0.15, 0.2) is 0 Å². The summed E-state index contributed by atoms with van der Waals surface area (Å²) in [5.74, 6) is -2.20. The molecule has 1 aromatic rings. The maximum absolute atomic E-state index is 11.8. The molecule has 2 aliphatic rings. The van der Waals surface area contributed by atoms with Crippen molar-refractivity contribution >= 4 is 17.3 Å². The van der Waals surface area contributed by atoms with E-state index in [1.807, 2.05) is 12.1 Å². The lowest BCUT2D eigenvalue weighted by Gasteiger charge is -2.29. The Balaban J connectivity index is 1.83. The first-order chi connectivity index (χ1) is 9.08. The molecule has 3 rings (SSSR count). The lowest BCUT2D eigenvalue weighted by molar-refractivity contribution is -0.141. The van der Waals surface area contributed by atoms with Crippen LogP contribution in [0.15, 0.2) is 24.3 Å². The van der Waals surface area contributed by atoms with Crippen LogP contribution in [-0.4, -0.2) is 22.5 Å². The van der Waals surface area contributed by atoms with Gasteiger partial charge in [0.05, 0.1) is 0 Å². The highest BCUT2D eigenvalue weighted by Gasteiger charge is 2.50. The van der Waals surface area contributed by atoms with Crippen LogP contribution in [-0.2, 0) is 14.4 Å². The van der Waals surface area contributed by atoms with Gasteiger partial charge < -0.3 is 5.11 Å². The Morgan fingerprint density at radius 3 is 2.21 bits per heavy atom. The van der Waals surface area contributed by atoms with Gasteiger partial charge in [0.1, 0.15) is 5.75 Å². The Hall–Kier alpha value is -1.97. The van der Waals surface area contributed by atoms with Crippen molar-refractivity contribution in [2.45, 2.75) is 25.2 Å². The van der Waals surface area contributed by atoms with Crippen LogP contribution >= 0.6 is 0 Å². The van der Waals surface area contributed by atoms with Crippen LogP contribution in [0.4, 0.5) is 0 Å². The van der Waals surface area contributed by atoms with E-state index in [2.05, 4.69) is 0 Å². The van der Waals surface area contributed by atoms with Crippen LogP contribution in [0.5, 0.6) is 5.75 Å². The number of benzene rings is 1. The van der Waals surface area contributed by atoms with Crippen LogP contribution in [0.1, 0.15) is 30.7 Å². The molecule has 98 valence electrons. The molecule has 4 heteroatoms. The topological polar surface area (TPSA) is 71.4 Å². The standard InChI is InChI=1S/C15H14O4/c16-10-4-1-8(2-5-10)9-3-6-11-12(7-9)14(18)15(19)13(11)17/h1-2,4-5,9,11-12,16H,3,6-7H2. The Kier molecular flexibility index (Phi) is 2.73. The summed E-state index contributed by atoms with van der Waals surface area (Å²) in [5.41, 5.74) is 1.05. The molecule has 1 N–H and O–H groups in total. The third-order valence-electron chi connectivity index (χ3n) is 4.34. The molecular weight excluding hydrogens is 244 g/mol. The van der Waals surface area contributed by atoms with Gasteiger partial charge in [-0.05, 0) is 42.9 Å². The average molecular weight is 258 g/mol. The van der Waals surface area contributed by atoms with Crippen LogP contribution in [0, 0.1) is 11.8 Å². The van der Waals surface area contributed by atoms with Crippen molar-refractivity contribution in [2.75, 3.05) is 0 Å². The number of aromatic hydroxyl groups is 1. The molecule has 0 saturated heterocycles. The molecule has 3 unspecified atom stereocenters. The minimum atomic E-state index is -0.804. The zero-order chi connectivity index (χ0) is 13.6.